The van der Waals surface area contributed by atoms with Crippen molar-refractivity contribution in [1.82, 2.24) is 29.6 Å². The summed E-state index contributed by atoms with van der Waals surface area (Å²) < 4.78 is 22.0. The van der Waals surface area contributed by atoms with Crippen LogP contribution < -0.4 is 10.6 Å². The number of alkyl halides is 1. The molecule has 36 heavy (non-hydrogen) atoms. The molecule has 3 aromatic heterocycles. The number of benzene rings is 1. The molecule has 1 aliphatic carbocycles. The third kappa shape index (κ3) is 4.60. The van der Waals surface area contributed by atoms with Gasteiger partial charge in [0.2, 0.25) is 5.95 Å². The van der Waals surface area contributed by atoms with E-state index in [4.69, 9.17) is 4.74 Å². The number of aliphatic hydroxyl groups is 1. The van der Waals surface area contributed by atoms with E-state index in [-0.39, 0.29) is 31.1 Å². The standard InChI is InChI=1S/C25H26FN7O3/c26-6-8-32-13-19(24(35)16-1-2-16)18-10-17(3-4-20(18)32)29-25-27-7-5-21(30-25)33-12-15(11-28-33)9-23-31-22(34)14-36-23/h3-5,7,10-13,16,22-23,31,34H,1-2,6,8-9,14H2,(H,27,29,30)/t22?,23-/m0/s1. The Kier molecular flexibility index (Phi) is 5.96. The highest BCUT2D eigenvalue weighted by molar-refractivity contribution is 6.10. The maximum atomic E-state index is 13.1. The van der Waals surface area contributed by atoms with Crippen LogP contribution in [0.5, 0.6) is 0 Å². The number of nitrogens with zero attached hydrogens (tertiary/aromatic N) is 5. The average molecular weight is 492 g/mol. The lowest BCUT2D eigenvalue weighted by atomic mass is 10.1. The van der Waals surface area contributed by atoms with E-state index in [2.05, 4.69) is 25.7 Å². The molecule has 0 bridgehead atoms. The highest BCUT2D eigenvalue weighted by Crippen LogP contribution is 2.36. The molecule has 0 spiro atoms. The Labute approximate surface area is 206 Å². The Morgan fingerprint density at radius 1 is 1.28 bits per heavy atom. The molecule has 3 N–H and O–H groups in total. The molecule has 186 valence electrons. The van der Waals surface area contributed by atoms with Crippen LogP contribution in [0.3, 0.4) is 0 Å². The number of nitrogens with one attached hydrogen (secondary N) is 2. The van der Waals surface area contributed by atoms with Gasteiger partial charge in [-0.15, -0.1) is 0 Å². The minimum absolute atomic E-state index is 0.0751. The molecule has 2 fully saturated rings. The predicted octanol–water partition coefficient (Wildman–Crippen LogP) is 2.73. The first-order valence-electron chi connectivity index (χ1n) is 12.0. The van der Waals surface area contributed by atoms with Crippen molar-refractivity contribution in [2.45, 2.75) is 38.3 Å². The lowest BCUT2D eigenvalue weighted by Crippen LogP contribution is -2.31. The molecule has 1 saturated carbocycles. The summed E-state index contributed by atoms with van der Waals surface area (Å²) >= 11 is 0. The number of anilines is 2. The number of aryl methyl sites for hydroxylation is 1. The van der Waals surface area contributed by atoms with E-state index >= 15 is 0 Å². The normalized spacial score (nSPS) is 19.7. The van der Waals surface area contributed by atoms with Gasteiger partial charge in [0.25, 0.3) is 0 Å². The van der Waals surface area contributed by atoms with Crippen LogP contribution in [0.1, 0.15) is 28.8 Å². The summed E-state index contributed by atoms with van der Waals surface area (Å²) in [4.78, 5) is 21.8. The fourth-order valence-electron chi connectivity index (χ4n) is 4.52. The van der Waals surface area contributed by atoms with Gasteiger partial charge in [-0.05, 0) is 36.6 Å². The molecular formula is C25H26FN7O3. The predicted molar refractivity (Wildman–Crippen MR) is 130 cm³/mol. The van der Waals surface area contributed by atoms with Crippen LogP contribution in [0.4, 0.5) is 16.0 Å². The first-order valence-corrected chi connectivity index (χ1v) is 12.0. The van der Waals surface area contributed by atoms with E-state index in [9.17, 15) is 14.3 Å². The second kappa shape index (κ2) is 9.41. The van der Waals surface area contributed by atoms with Crippen molar-refractivity contribution in [1.29, 1.82) is 0 Å². The molecule has 1 aromatic carbocycles. The van der Waals surface area contributed by atoms with Gasteiger partial charge >= 0.3 is 0 Å². The number of fused-ring (bicyclic) bond motifs is 1. The summed E-state index contributed by atoms with van der Waals surface area (Å²) in [5, 5.41) is 20.9. The van der Waals surface area contributed by atoms with E-state index in [1.807, 2.05) is 24.4 Å². The molecule has 2 aliphatic rings. The second-order valence-corrected chi connectivity index (χ2v) is 9.16. The summed E-state index contributed by atoms with van der Waals surface area (Å²) in [6.45, 7) is -0.0210. The zero-order valence-corrected chi connectivity index (χ0v) is 19.5. The Morgan fingerprint density at radius 3 is 2.94 bits per heavy atom. The first-order chi connectivity index (χ1) is 17.6. The number of aromatic nitrogens is 5. The van der Waals surface area contributed by atoms with Crippen molar-refractivity contribution in [3.63, 3.8) is 0 Å². The van der Waals surface area contributed by atoms with Gasteiger partial charge < -0.3 is 19.7 Å². The van der Waals surface area contributed by atoms with E-state index < -0.39 is 12.9 Å². The van der Waals surface area contributed by atoms with E-state index in [0.717, 1.165) is 35.0 Å². The third-order valence-corrected chi connectivity index (χ3v) is 6.44. The number of halogens is 1. The van der Waals surface area contributed by atoms with Gasteiger partial charge in [-0.2, -0.15) is 10.1 Å². The molecule has 0 radical (unpaired) electrons. The zero-order chi connectivity index (χ0) is 24.6. The third-order valence-electron chi connectivity index (χ3n) is 6.44. The second-order valence-electron chi connectivity index (χ2n) is 9.16. The van der Waals surface area contributed by atoms with Gasteiger partial charge in [0.05, 0.1) is 19.3 Å². The Hall–Kier alpha value is -3.67. The monoisotopic (exact) mass is 491 g/mol. The molecular weight excluding hydrogens is 465 g/mol. The topological polar surface area (TPSA) is 119 Å². The fourth-order valence-corrected chi connectivity index (χ4v) is 4.52. The molecule has 4 heterocycles. The quantitative estimate of drug-likeness (QED) is 0.306. The number of ketones is 1. The Morgan fingerprint density at radius 2 is 2.17 bits per heavy atom. The highest BCUT2D eigenvalue weighted by atomic mass is 19.1. The van der Waals surface area contributed by atoms with Crippen LogP contribution in [-0.4, -0.2) is 60.9 Å². The first kappa shape index (κ1) is 22.8. The number of aliphatic hydroxyl groups excluding tert-OH is 1. The fraction of sp³-hybridized carbons (Fsp3) is 0.360. The van der Waals surface area contributed by atoms with Gasteiger partial charge in [0.15, 0.2) is 11.6 Å². The molecule has 6 rings (SSSR count). The molecule has 4 aromatic rings. The number of carbonyl (C=O) groups is 1. The zero-order valence-electron chi connectivity index (χ0n) is 19.5. The van der Waals surface area contributed by atoms with E-state index in [1.54, 1.807) is 33.9 Å². The lowest BCUT2D eigenvalue weighted by Gasteiger charge is -2.08. The van der Waals surface area contributed by atoms with Crippen LogP contribution in [-0.2, 0) is 17.7 Å². The number of hydrogen-bond donors (Lipinski definition) is 3. The minimum Gasteiger partial charge on any atom is -0.376 e. The molecule has 1 unspecified atom stereocenters. The molecule has 2 atom stereocenters. The van der Waals surface area contributed by atoms with Crippen LogP contribution in [0.15, 0.2) is 49.1 Å². The van der Waals surface area contributed by atoms with Gasteiger partial charge in [-0.3, -0.25) is 10.1 Å². The van der Waals surface area contributed by atoms with Crippen molar-refractivity contribution in [2.24, 2.45) is 5.92 Å². The molecule has 1 aliphatic heterocycles. The Balaban J connectivity index is 1.23. The van der Waals surface area contributed by atoms with Crippen molar-refractivity contribution in [3.8, 4) is 5.82 Å². The van der Waals surface area contributed by atoms with Gasteiger partial charge in [-0.1, -0.05) is 0 Å². The van der Waals surface area contributed by atoms with Gasteiger partial charge in [-0.25, -0.2) is 14.1 Å². The molecule has 11 heteroatoms. The maximum absolute atomic E-state index is 13.1. The Bertz CT molecular complexity index is 1410. The van der Waals surface area contributed by atoms with Gasteiger partial charge in [0.1, 0.15) is 19.1 Å². The van der Waals surface area contributed by atoms with Crippen molar-refractivity contribution >= 4 is 28.3 Å². The summed E-state index contributed by atoms with van der Waals surface area (Å²) in [7, 11) is 0. The van der Waals surface area contributed by atoms with Crippen LogP contribution in [0.2, 0.25) is 0 Å². The van der Waals surface area contributed by atoms with Crippen molar-refractivity contribution in [3.05, 3.63) is 60.2 Å². The van der Waals surface area contributed by atoms with Crippen molar-refractivity contribution < 1.29 is 19.0 Å². The van der Waals surface area contributed by atoms with Crippen LogP contribution >= 0.6 is 0 Å². The molecule has 10 nitrogen and oxygen atoms in total. The van der Waals surface area contributed by atoms with Crippen LogP contribution in [0.25, 0.3) is 16.7 Å². The number of carbonyl (C=O) groups excluding carboxylic acids is 1. The largest absolute Gasteiger partial charge is 0.376 e. The highest BCUT2D eigenvalue weighted by Gasteiger charge is 2.32. The van der Waals surface area contributed by atoms with E-state index in [1.165, 1.54) is 0 Å². The lowest BCUT2D eigenvalue weighted by molar-refractivity contribution is 0.0879. The maximum Gasteiger partial charge on any atom is 0.229 e. The molecule has 1 saturated heterocycles. The summed E-state index contributed by atoms with van der Waals surface area (Å²) in [6.07, 6.45) is 8.49. The number of rotatable bonds is 9. The van der Waals surface area contributed by atoms with E-state index in [0.29, 0.717) is 23.8 Å². The minimum atomic E-state index is -0.648. The van der Waals surface area contributed by atoms with Crippen molar-refractivity contribution in [2.75, 3.05) is 18.6 Å². The summed E-state index contributed by atoms with van der Waals surface area (Å²) in [5.41, 5.74) is 3.13. The smallest absolute Gasteiger partial charge is 0.229 e. The average Bonchev–Trinajstić information content (AvgIpc) is 3.33. The number of Topliss-reactive ketones (excluding diaryl/α,β-unsaturated/α-hetero) is 1. The van der Waals surface area contributed by atoms with Crippen LogP contribution in [0, 0.1) is 5.92 Å². The molecule has 0 amide bonds. The number of ether oxygens (including phenoxy) is 1. The summed E-state index contributed by atoms with van der Waals surface area (Å²) in [6, 6.07) is 7.40. The SMILES string of the molecule is O=C(c1cn(CCF)c2ccc(Nc3nccc(-n4cc(C[C@H]5NC(O)CO5)cn4)n3)cc12)C1CC1. The number of hydrogen-bond acceptors (Lipinski definition) is 8. The summed E-state index contributed by atoms with van der Waals surface area (Å²) in [5.74, 6) is 1.16. The van der Waals surface area contributed by atoms with Gasteiger partial charge in [0, 0.05) is 59.1 Å².